The number of nitrogens with zero attached hydrogens (tertiary/aromatic N) is 1. The highest BCUT2D eigenvalue weighted by molar-refractivity contribution is 7.91. The van der Waals surface area contributed by atoms with E-state index < -0.39 is 15.6 Å². The van der Waals surface area contributed by atoms with Crippen molar-refractivity contribution in [3.05, 3.63) is 17.0 Å². The second-order valence-corrected chi connectivity index (χ2v) is 8.56. The fraction of sp³-hybridized carbons (Fsp3) is 0.667. The molecule has 0 unspecified atom stereocenters. The maximum atomic E-state index is 12.4. The predicted octanol–water partition coefficient (Wildman–Crippen LogP) is 1.13. The zero-order valence-electron chi connectivity index (χ0n) is 11.0. The third-order valence-electron chi connectivity index (χ3n) is 3.55. The van der Waals surface area contributed by atoms with E-state index in [1.165, 1.54) is 22.7 Å². The van der Waals surface area contributed by atoms with E-state index >= 15 is 0 Å². The molecule has 1 aromatic rings. The predicted molar refractivity (Wildman–Crippen MR) is 75.4 cm³/mol. The van der Waals surface area contributed by atoms with Crippen LogP contribution in [0, 0.1) is 0 Å². The number of hydrogen-bond donors (Lipinski definition) is 2. The van der Waals surface area contributed by atoms with E-state index in [0.717, 1.165) is 17.7 Å². The molecule has 1 saturated carbocycles. The Morgan fingerprint density at radius 3 is 2.58 bits per heavy atom. The lowest BCUT2D eigenvalue weighted by atomic mass is 10.0. The van der Waals surface area contributed by atoms with Gasteiger partial charge in [0, 0.05) is 25.0 Å². The molecule has 1 aliphatic rings. The summed E-state index contributed by atoms with van der Waals surface area (Å²) in [5.41, 5.74) is 4.63. The van der Waals surface area contributed by atoms with Crippen molar-refractivity contribution in [2.45, 2.75) is 42.0 Å². The Morgan fingerprint density at radius 1 is 1.42 bits per heavy atom. The van der Waals surface area contributed by atoms with Gasteiger partial charge >= 0.3 is 0 Å². The zero-order chi connectivity index (χ0) is 14.1. The van der Waals surface area contributed by atoms with Gasteiger partial charge in [-0.1, -0.05) is 12.8 Å². The van der Waals surface area contributed by atoms with Crippen LogP contribution < -0.4 is 5.73 Å². The van der Waals surface area contributed by atoms with Gasteiger partial charge in [0.2, 0.25) is 0 Å². The Kier molecular flexibility index (Phi) is 4.32. The first-order chi connectivity index (χ1) is 8.87. The third-order valence-corrected chi connectivity index (χ3v) is 6.93. The highest BCUT2D eigenvalue weighted by Gasteiger charge is 2.36. The van der Waals surface area contributed by atoms with Crippen LogP contribution in [0.15, 0.2) is 16.3 Å². The summed E-state index contributed by atoms with van der Waals surface area (Å²) in [6.07, 6.45) is 3.26. The maximum absolute atomic E-state index is 12.4. The maximum Gasteiger partial charge on any atom is 0.252 e. The van der Waals surface area contributed by atoms with E-state index in [0.29, 0.717) is 19.4 Å². The Labute approximate surface area is 118 Å². The van der Waals surface area contributed by atoms with Crippen molar-refractivity contribution in [2.24, 2.45) is 5.73 Å². The number of nitrogens with two attached hydrogens (primary N) is 1. The lowest BCUT2D eigenvalue weighted by Gasteiger charge is -2.27. The Morgan fingerprint density at radius 2 is 2.05 bits per heavy atom. The van der Waals surface area contributed by atoms with Crippen LogP contribution >= 0.6 is 11.3 Å². The molecule has 1 fully saturated rings. The van der Waals surface area contributed by atoms with Crippen LogP contribution in [0.2, 0.25) is 0 Å². The van der Waals surface area contributed by atoms with Crippen molar-refractivity contribution in [1.29, 1.82) is 0 Å². The molecule has 0 aromatic carbocycles. The molecular formula is C12H20N2O3S2. The van der Waals surface area contributed by atoms with Gasteiger partial charge in [-0.2, -0.15) is 4.31 Å². The van der Waals surface area contributed by atoms with E-state index in [1.807, 2.05) is 0 Å². The smallest absolute Gasteiger partial charge is 0.252 e. The Balaban J connectivity index is 2.14. The minimum Gasteiger partial charge on any atom is -0.389 e. The molecule has 0 amide bonds. The number of hydrogen-bond acceptors (Lipinski definition) is 5. The highest BCUT2D eigenvalue weighted by Crippen LogP contribution is 2.32. The van der Waals surface area contributed by atoms with Gasteiger partial charge in [0.25, 0.3) is 10.0 Å². The van der Waals surface area contributed by atoms with Gasteiger partial charge < -0.3 is 10.8 Å². The molecule has 0 atom stereocenters. The molecule has 0 bridgehead atoms. The summed E-state index contributed by atoms with van der Waals surface area (Å²) in [5, 5.41) is 10.3. The minimum absolute atomic E-state index is 0.158. The van der Waals surface area contributed by atoms with Crippen molar-refractivity contribution >= 4 is 21.4 Å². The number of thiophene rings is 1. The highest BCUT2D eigenvalue weighted by atomic mass is 32.2. The first kappa shape index (κ1) is 14.9. The summed E-state index contributed by atoms with van der Waals surface area (Å²) in [6, 6.07) is 3.31. The summed E-state index contributed by atoms with van der Waals surface area (Å²) < 4.78 is 26.3. The number of aliphatic hydroxyl groups is 1. The second-order valence-electron chi connectivity index (χ2n) is 5.12. The van der Waals surface area contributed by atoms with Crippen molar-refractivity contribution < 1.29 is 13.5 Å². The van der Waals surface area contributed by atoms with Gasteiger partial charge in [-0.15, -0.1) is 11.3 Å². The summed E-state index contributed by atoms with van der Waals surface area (Å²) in [5.74, 6) is 0. The van der Waals surface area contributed by atoms with Crippen LogP contribution in [-0.2, 0) is 16.6 Å². The normalized spacial score (nSPS) is 19.2. The van der Waals surface area contributed by atoms with E-state index in [2.05, 4.69) is 0 Å². The van der Waals surface area contributed by atoms with Crippen LogP contribution in [0.3, 0.4) is 0 Å². The fourth-order valence-corrected chi connectivity index (χ4v) is 5.15. The van der Waals surface area contributed by atoms with Crippen LogP contribution in [-0.4, -0.2) is 37.0 Å². The van der Waals surface area contributed by atoms with Crippen molar-refractivity contribution in [3.63, 3.8) is 0 Å². The van der Waals surface area contributed by atoms with E-state index in [1.54, 1.807) is 12.1 Å². The zero-order valence-corrected chi connectivity index (χ0v) is 12.6. The molecule has 0 saturated heterocycles. The van der Waals surface area contributed by atoms with Gasteiger partial charge in [-0.25, -0.2) is 8.42 Å². The Hall–Kier alpha value is -0.470. The monoisotopic (exact) mass is 304 g/mol. The Bertz CT molecular complexity index is 533. The molecule has 19 heavy (non-hydrogen) atoms. The second kappa shape index (κ2) is 5.49. The molecule has 7 heteroatoms. The van der Waals surface area contributed by atoms with Crippen molar-refractivity contribution in [2.75, 3.05) is 13.6 Å². The van der Waals surface area contributed by atoms with Crippen molar-refractivity contribution in [3.8, 4) is 0 Å². The molecule has 0 radical (unpaired) electrons. The summed E-state index contributed by atoms with van der Waals surface area (Å²) in [4.78, 5) is 0.839. The minimum atomic E-state index is -3.52. The van der Waals surface area contributed by atoms with E-state index in [4.69, 9.17) is 5.73 Å². The molecule has 0 spiro atoms. The molecule has 1 heterocycles. The van der Waals surface area contributed by atoms with Crippen LogP contribution in [0.1, 0.15) is 30.6 Å². The van der Waals surface area contributed by atoms with Gasteiger partial charge in [0.05, 0.1) is 5.60 Å². The molecular weight excluding hydrogens is 284 g/mol. The number of likely N-dealkylation sites (N-methyl/N-ethyl adjacent to an activating group) is 1. The molecule has 108 valence electrons. The van der Waals surface area contributed by atoms with Gasteiger partial charge in [-0.3, -0.25) is 0 Å². The van der Waals surface area contributed by atoms with Gasteiger partial charge in [-0.05, 0) is 25.0 Å². The quantitative estimate of drug-likeness (QED) is 0.854. The van der Waals surface area contributed by atoms with E-state index in [9.17, 15) is 13.5 Å². The lowest BCUT2D eigenvalue weighted by Crippen LogP contribution is -2.41. The van der Waals surface area contributed by atoms with Crippen LogP contribution in [0.4, 0.5) is 0 Å². The van der Waals surface area contributed by atoms with E-state index in [-0.39, 0.29) is 10.8 Å². The van der Waals surface area contributed by atoms with Gasteiger partial charge in [0.15, 0.2) is 0 Å². The summed E-state index contributed by atoms with van der Waals surface area (Å²) in [7, 11) is -2.00. The molecule has 1 aliphatic carbocycles. The largest absolute Gasteiger partial charge is 0.389 e. The summed E-state index contributed by atoms with van der Waals surface area (Å²) in [6.45, 7) is 0.499. The van der Waals surface area contributed by atoms with Crippen LogP contribution in [0.25, 0.3) is 0 Å². The first-order valence-electron chi connectivity index (χ1n) is 6.35. The fourth-order valence-electron chi connectivity index (χ4n) is 2.45. The lowest BCUT2D eigenvalue weighted by molar-refractivity contribution is 0.0334. The molecule has 0 aliphatic heterocycles. The average molecular weight is 304 g/mol. The first-order valence-corrected chi connectivity index (χ1v) is 8.61. The molecule has 5 nitrogen and oxygen atoms in total. The SMILES string of the molecule is CN(CC1(O)CCCC1)S(=O)(=O)c1ccc(CN)s1. The number of rotatable bonds is 5. The van der Waals surface area contributed by atoms with Crippen molar-refractivity contribution in [1.82, 2.24) is 4.31 Å². The van der Waals surface area contributed by atoms with Crippen LogP contribution in [0.5, 0.6) is 0 Å². The average Bonchev–Trinajstić information content (AvgIpc) is 2.97. The third kappa shape index (κ3) is 3.17. The van der Waals surface area contributed by atoms with Gasteiger partial charge in [0.1, 0.15) is 4.21 Å². The molecule has 1 aromatic heterocycles. The number of sulfonamides is 1. The molecule has 2 rings (SSSR count). The summed E-state index contributed by atoms with van der Waals surface area (Å²) >= 11 is 1.19. The standard InChI is InChI=1S/C12H20N2O3S2/c1-14(9-12(15)6-2-3-7-12)19(16,17)11-5-4-10(8-13)18-11/h4-5,15H,2-3,6-9,13H2,1H3. The topological polar surface area (TPSA) is 83.6 Å². The molecule has 3 N–H and O–H groups in total.